The van der Waals surface area contributed by atoms with Crippen LogP contribution < -0.4 is 5.32 Å². The van der Waals surface area contributed by atoms with Crippen LogP contribution in [0.15, 0.2) is 42.7 Å². The van der Waals surface area contributed by atoms with Crippen LogP contribution in [0.25, 0.3) is 11.1 Å². The van der Waals surface area contributed by atoms with Crippen molar-refractivity contribution in [3.05, 3.63) is 48.3 Å². The summed E-state index contributed by atoms with van der Waals surface area (Å²) >= 11 is 0. The number of carbonyl (C=O) groups is 1. The second-order valence-corrected chi connectivity index (χ2v) is 7.14. The third-order valence-electron chi connectivity index (χ3n) is 4.18. The van der Waals surface area contributed by atoms with Gasteiger partial charge in [-0.05, 0) is 34.6 Å². The van der Waals surface area contributed by atoms with E-state index in [-0.39, 0.29) is 17.4 Å². The molecule has 0 fully saturated rings. The van der Waals surface area contributed by atoms with E-state index in [0.717, 1.165) is 12.8 Å². The lowest BCUT2D eigenvalue weighted by Gasteiger charge is -2.30. The van der Waals surface area contributed by atoms with Crippen molar-refractivity contribution < 1.29 is 4.79 Å². The molecular weight excluding hydrogens is 284 g/mol. The van der Waals surface area contributed by atoms with E-state index >= 15 is 0 Å². The van der Waals surface area contributed by atoms with E-state index < -0.39 is 0 Å². The number of nitrogens with one attached hydrogen (secondary N) is 1. The summed E-state index contributed by atoms with van der Waals surface area (Å²) in [7, 11) is 1.70. The first-order valence-corrected chi connectivity index (χ1v) is 8.35. The molecule has 0 aliphatic carbocycles. The highest BCUT2D eigenvalue weighted by Crippen LogP contribution is 2.33. The third-order valence-corrected chi connectivity index (χ3v) is 4.18. The Morgan fingerprint density at radius 3 is 2.52 bits per heavy atom. The van der Waals surface area contributed by atoms with Gasteiger partial charge >= 0.3 is 0 Å². The molecule has 0 spiro atoms. The van der Waals surface area contributed by atoms with Gasteiger partial charge in [-0.15, -0.1) is 0 Å². The molecule has 1 aromatic carbocycles. The Labute approximate surface area is 139 Å². The van der Waals surface area contributed by atoms with Crippen LogP contribution in [0.1, 0.15) is 45.7 Å². The zero-order chi connectivity index (χ0) is 17.0. The van der Waals surface area contributed by atoms with Crippen molar-refractivity contribution in [2.45, 2.75) is 46.6 Å². The summed E-state index contributed by atoms with van der Waals surface area (Å²) in [5, 5.41) is 2.79. The molecule has 2 aromatic rings. The van der Waals surface area contributed by atoms with Gasteiger partial charge in [0.15, 0.2) is 0 Å². The predicted molar refractivity (Wildman–Crippen MR) is 96.4 cm³/mol. The highest BCUT2D eigenvalue weighted by Gasteiger charge is 2.32. The molecule has 0 aliphatic rings. The zero-order valence-corrected chi connectivity index (χ0v) is 14.9. The Kier molecular flexibility index (Phi) is 5.30. The molecule has 1 N–H and O–H groups in total. The average Bonchev–Trinajstić information content (AvgIpc) is 2.95. The molecule has 0 aliphatic heterocycles. The van der Waals surface area contributed by atoms with Crippen molar-refractivity contribution in [2.24, 2.45) is 5.41 Å². The monoisotopic (exact) mass is 312 g/mol. The summed E-state index contributed by atoms with van der Waals surface area (Å²) in [6.45, 7) is 8.48. The maximum atomic E-state index is 12.3. The molecule has 0 radical (unpaired) electrons. The summed E-state index contributed by atoms with van der Waals surface area (Å²) in [5.41, 5.74) is 3.64. The Bertz CT molecular complexity index is 664. The molecule has 1 aromatic heterocycles. The fraction of sp³-hybridized carbons (Fsp3) is 0.450. The number of amides is 1. The topological polar surface area (TPSA) is 34.0 Å². The summed E-state index contributed by atoms with van der Waals surface area (Å²) in [5.74, 6) is 0.0430. The normalized spacial score (nSPS) is 12.9. The molecule has 0 bridgehead atoms. The number of aromatic nitrogens is 1. The Morgan fingerprint density at radius 1 is 1.22 bits per heavy atom. The van der Waals surface area contributed by atoms with Crippen molar-refractivity contribution in [3.63, 3.8) is 0 Å². The number of benzene rings is 1. The van der Waals surface area contributed by atoms with Crippen molar-refractivity contribution in [3.8, 4) is 11.1 Å². The van der Waals surface area contributed by atoms with Gasteiger partial charge in [-0.3, -0.25) is 4.79 Å². The van der Waals surface area contributed by atoms with E-state index in [1.54, 1.807) is 7.05 Å². The van der Waals surface area contributed by atoms with Crippen LogP contribution in [0.5, 0.6) is 0 Å². The lowest BCUT2D eigenvalue weighted by Crippen LogP contribution is -2.37. The van der Waals surface area contributed by atoms with Crippen molar-refractivity contribution in [1.29, 1.82) is 0 Å². The number of hydrogen-bond acceptors (Lipinski definition) is 1. The van der Waals surface area contributed by atoms with Gasteiger partial charge in [0.05, 0.1) is 0 Å². The molecule has 1 amide bonds. The summed E-state index contributed by atoms with van der Waals surface area (Å²) < 4.78 is 2.04. The first-order chi connectivity index (χ1) is 10.9. The number of likely N-dealkylation sites (N-methyl/N-ethyl adjacent to an activating group) is 1. The average molecular weight is 312 g/mol. The summed E-state index contributed by atoms with van der Waals surface area (Å²) in [6.07, 6.45) is 6.31. The van der Waals surface area contributed by atoms with Crippen LogP contribution in [-0.2, 0) is 11.2 Å². The molecule has 0 saturated carbocycles. The van der Waals surface area contributed by atoms with Crippen LogP contribution in [0.4, 0.5) is 0 Å². The Balaban J connectivity index is 2.42. The van der Waals surface area contributed by atoms with Crippen LogP contribution in [0, 0.1) is 5.41 Å². The molecule has 1 heterocycles. The van der Waals surface area contributed by atoms with E-state index in [0.29, 0.717) is 0 Å². The van der Waals surface area contributed by atoms with E-state index in [1.165, 1.54) is 16.7 Å². The first kappa shape index (κ1) is 17.3. The van der Waals surface area contributed by atoms with Crippen molar-refractivity contribution >= 4 is 5.91 Å². The minimum atomic E-state index is -0.223. The van der Waals surface area contributed by atoms with Crippen LogP contribution in [0.2, 0.25) is 0 Å². The minimum Gasteiger partial charge on any atom is -0.357 e. The van der Waals surface area contributed by atoms with Gasteiger partial charge in [0, 0.05) is 19.4 Å². The SMILES string of the molecule is CCCc1ccccc1-c1ccn([C@H](C(=O)NC)C(C)(C)C)c1. The number of carbonyl (C=O) groups excluding carboxylic acids is 1. The fourth-order valence-corrected chi connectivity index (χ4v) is 3.13. The fourth-order valence-electron chi connectivity index (χ4n) is 3.13. The van der Waals surface area contributed by atoms with Gasteiger partial charge in [-0.1, -0.05) is 58.4 Å². The smallest absolute Gasteiger partial charge is 0.243 e. The van der Waals surface area contributed by atoms with Crippen LogP contribution in [-0.4, -0.2) is 17.5 Å². The summed E-state index contributed by atoms with van der Waals surface area (Å²) in [6, 6.07) is 10.4. The molecule has 23 heavy (non-hydrogen) atoms. The van der Waals surface area contributed by atoms with Gasteiger partial charge in [0.2, 0.25) is 5.91 Å². The second-order valence-electron chi connectivity index (χ2n) is 7.14. The van der Waals surface area contributed by atoms with Crippen molar-refractivity contribution in [2.75, 3.05) is 7.05 Å². The van der Waals surface area contributed by atoms with E-state index in [9.17, 15) is 4.79 Å². The highest BCUT2D eigenvalue weighted by atomic mass is 16.2. The second kappa shape index (κ2) is 7.03. The zero-order valence-electron chi connectivity index (χ0n) is 14.9. The van der Waals surface area contributed by atoms with E-state index in [4.69, 9.17) is 0 Å². The molecule has 124 valence electrons. The molecule has 1 atom stereocenters. The minimum absolute atomic E-state index is 0.0430. The van der Waals surface area contributed by atoms with Crippen molar-refractivity contribution in [1.82, 2.24) is 9.88 Å². The molecule has 0 unspecified atom stereocenters. The molecule has 3 heteroatoms. The maximum Gasteiger partial charge on any atom is 0.243 e. The molecule has 3 nitrogen and oxygen atoms in total. The predicted octanol–water partition coefficient (Wildman–Crippen LogP) is 4.44. The van der Waals surface area contributed by atoms with Crippen LogP contribution >= 0.6 is 0 Å². The molecular formula is C20H28N2O. The number of nitrogens with zero attached hydrogens (tertiary/aromatic N) is 1. The standard InChI is InChI=1S/C20H28N2O/c1-6-9-15-10-7-8-11-17(15)16-12-13-22(14-16)18(19(23)21-5)20(2,3)4/h7-8,10-14,18H,6,9H2,1-5H3,(H,21,23)/t18-/m1/s1. The lowest BCUT2D eigenvalue weighted by atomic mass is 9.86. The third kappa shape index (κ3) is 3.84. The van der Waals surface area contributed by atoms with Gasteiger partial charge in [-0.25, -0.2) is 0 Å². The number of aryl methyl sites for hydroxylation is 1. The molecule has 0 saturated heterocycles. The van der Waals surface area contributed by atoms with Gasteiger partial charge in [-0.2, -0.15) is 0 Å². The maximum absolute atomic E-state index is 12.3. The molecule has 2 rings (SSSR count). The largest absolute Gasteiger partial charge is 0.357 e. The quantitative estimate of drug-likeness (QED) is 0.870. The van der Waals surface area contributed by atoms with E-state index in [2.05, 4.69) is 69.5 Å². The van der Waals surface area contributed by atoms with Crippen LogP contribution in [0.3, 0.4) is 0 Å². The first-order valence-electron chi connectivity index (χ1n) is 8.35. The highest BCUT2D eigenvalue weighted by molar-refractivity contribution is 5.81. The van der Waals surface area contributed by atoms with Gasteiger partial charge < -0.3 is 9.88 Å². The number of rotatable bonds is 5. The summed E-state index contributed by atoms with van der Waals surface area (Å²) in [4.78, 5) is 12.3. The van der Waals surface area contributed by atoms with E-state index in [1.807, 2.05) is 10.8 Å². The Hall–Kier alpha value is -2.03. The lowest BCUT2D eigenvalue weighted by molar-refractivity contribution is -0.126. The van der Waals surface area contributed by atoms with Gasteiger partial charge in [0.25, 0.3) is 0 Å². The number of hydrogen-bond donors (Lipinski definition) is 1. The van der Waals surface area contributed by atoms with Gasteiger partial charge in [0.1, 0.15) is 6.04 Å². The Morgan fingerprint density at radius 2 is 1.91 bits per heavy atom.